The van der Waals surface area contributed by atoms with Crippen molar-refractivity contribution in [3.8, 4) is 0 Å². The van der Waals surface area contributed by atoms with Gasteiger partial charge in [-0.2, -0.15) is 13.2 Å². The molecule has 1 N–H and O–H groups in total. The van der Waals surface area contributed by atoms with Crippen molar-refractivity contribution in [2.45, 2.75) is 38.0 Å². The Morgan fingerprint density at radius 1 is 1.43 bits per heavy atom. The summed E-state index contributed by atoms with van der Waals surface area (Å²) >= 11 is 0. The Kier molecular flexibility index (Phi) is 3.78. The van der Waals surface area contributed by atoms with Crippen molar-refractivity contribution in [1.82, 2.24) is 10.2 Å². The van der Waals surface area contributed by atoms with E-state index in [4.69, 9.17) is 0 Å². The molecule has 1 atom stereocenters. The maximum Gasteiger partial charge on any atom is 0.401 e. The first-order valence-electron chi connectivity index (χ1n) is 4.89. The molecule has 0 spiro atoms. The number of nitrogens with zero attached hydrogens (tertiary/aromatic N) is 1. The smallest absolute Gasteiger partial charge is 0.312 e. The van der Waals surface area contributed by atoms with Gasteiger partial charge in [0.2, 0.25) is 0 Å². The van der Waals surface area contributed by atoms with E-state index in [9.17, 15) is 13.2 Å². The van der Waals surface area contributed by atoms with Crippen molar-refractivity contribution in [3.63, 3.8) is 0 Å². The van der Waals surface area contributed by atoms with Crippen LogP contribution in [-0.2, 0) is 0 Å². The quantitative estimate of drug-likeness (QED) is 0.741. The lowest BCUT2D eigenvalue weighted by molar-refractivity contribution is -0.146. The molecule has 0 bridgehead atoms. The number of alkyl halides is 3. The molecule has 84 valence electrons. The third kappa shape index (κ3) is 4.81. The minimum Gasteiger partial charge on any atom is -0.312 e. The predicted octanol–water partition coefficient (Wildman–Crippen LogP) is 1.62. The molecule has 0 aliphatic heterocycles. The van der Waals surface area contributed by atoms with Crippen molar-refractivity contribution in [2.24, 2.45) is 0 Å². The highest BCUT2D eigenvalue weighted by molar-refractivity contribution is 4.82. The highest BCUT2D eigenvalue weighted by Crippen LogP contribution is 2.19. The summed E-state index contributed by atoms with van der Waals surface area (Å²) in [4.78, 5) is 1.33. The van der Waals surface area contributed by atoms with Gasteiger partial charge in [0.05, 0.1) is 6.54 Å². The fraction of sp³-hybridized carbons (Fsp3) is 1.00. The SMILES string of the molecule is CC(CNC1CC1)N(C)CC(F)(F)F. The van der Waals surface area contributed by atoms with Crippen LogP contribution < -0.4 is 5.32 Å². The number of halogens is 3. The van der Waals surface area contributed by atoms with Crippen LogP contribution in [0.3, 0.4) is 0 Å². The molecule has 1 rings (SSSR count). The molecule has 1 unspecified atom stereocenters. The molecule has 0 aromatic heterocycles. The summed E-state index contributed by atoms with van der Waals surface area (Å²) in [6, 6.07) is 0.481. The van der Waals surface area contributed by atoms with E-state index < -0.39 is 12.7 Å². The van der Waals surface area contributed by atoms with Gasteiger partial charge < -0.3 is 5.32 Å². The molecule has 1 saturated carbocycles. The molecule has 0 amide bonds. The Balaban J connectivity index is 2.17. The van der Waals surface area contributed by atoms with Gasteiger partial charge in [0.15, 0.2) is 0 Å². The molecule has 1 aliphatic carbocycles. The van der Waals surface area contributed by atoms with Gasteiger partial charge in [-0.05, 0) is 26.8 Å². The van der Waals surface area contributed by atoms with E-state index in [0.29, 0.717) is 12.6 Å². The van der Waals surface area contributed by atoms with E-state index >= 15 is 0 Å². The van der Waals surface area contributed by atoms with Crippen molar-refractivity contribution in [2.75, 3.05) is 20.1 Å². The van der Waals surface area contributed by atoms with Crippen LogP contribution in [-0.4, -0.2) is 43.3 Å². The standard InChI is InChI=1S/C9H17F3N2/c1-7(5-13-8-3-4-8)14(2)6-9(10,11)12/h7-8,13H,3-6H2,1-2H3. The summed E-state index contributed by atoms with van der Waals surface area (Å²) in [6.45, 7) is 1.61. The first kappa shape index (κ1) is 11.8. The van der Waals surface area contributed by atoms with Gasteiger partial charge in [0.25, 0.3) is 0 Å². The van der Waals surface area contributed by atoms with E-state index in [-0.39, 0.29) is 6.04 Å². The number of hydrogen-bond acceptors (Lipinski definition) is 2. The molecule has 0 aromatic rings. The van der Waals surface area contributed by atoms with Crippen LogP contribution in [0.1, 0.15) is 19.8 Å². The average Bonchev–Trinajstić information content (AvgIpc) is 2.79. The van der Waals surface area contributed by atoms with Crippen LogP contribution in [0.2, 0.25) is 0 Å². The van der Waals surface area contributed by atoms with E-state index in [0.717, 1.165) is 12.8 Å². The average molecular weight is 210 g/mol. The highest BCUT2D eigenvalue weighted by Gasteiger charge is 2.31. The third-order valence-electron chi connectivity index (χ3n) is 2.46. The van der Waals surface area contributed by atoms with Crippen LogP contribution in [0.15, 0.2) is 0 Å². The van der Waals surface area contributed by atoms with Gasteiger partial charge in [-0.3, -0.25) is 4.90 Å². The lowest BCUT2D eigenvalue weighted by Crippen LogP contribution is -2.43. The van der Waals surface area contributed by atoms with E-state index in [1.807, 2.05) is 0 Å². The maximum atomic E-state index is 12.0. The van der Waals surface area contributed by atoms with Crippen molar-refractivity contribution < 1.29 is 13.2 Å². The molecular weight excluding hydrogens is 193 g/mol. The van der Waals surface area contributed by atoms with Crippen LogP contribution >= 0.6 is 0 Å². The topological polar surface area (TPSA) is 15.3 Å². The Morgan fingerprint density at radius 2 is 2.00 bits per heavy atom. The van der Waals surface area contributed by atoms with Crippen LogP contribution in [0.5, 0.6) is 0 Å². The minimum atomic E-state index is -4.09. The Labute approximate surface area is 82.5 Å². The largest absolute Gasteiger partial charge is 0.401 e. The number of nitrogens with one attached hydrogen (secondary N) is 1. The predicted molar refractivity (Wildman–Crippen MR) is 49.2 cm³/mol. The zero-order valence-electron chi connectivity index (χ0n) is 8.56. The maximum absolute atomic E-state index is 12.0. The van der Waals surface area contributed by atoms with Crippen LogP contribution in [0, 0.1) is 0 Å². The monoisotopic (exact) mass is 210 g/mol. The van der Waals surface area contributed by atoms with E-state index in [2.05, 4.69) is 5.32 Å². The second-order valence-electron chi connectivity index (χ2n) is 4.06. The summed E-state index contributed by atoms with van der Waals surface area (Å²) < 4.78 is 36.0. The molecular formula is C9H17F3N2. The molecule has 0 radical (unpaired) electrons. The zero-order valence-corrected chi connectivity index (χ0v) is 8.56. The molecule has 1 aliphatic rings. The van der Waals surface area contributed by atoms with Gasteiger partial charge in [-0.1, -0.05) is 0 Å². The van der Waals surface area contributed by atoms with Gasteiger partial charge in [0.1, 0.15) is 0 Å². The zero-order chi connectivity index (χ0) is 10.8. The molecule has 0 heterocycles. The normalized spacial score (nSPS) is 20.1. The Hall–Kier alpha value is -0.290. The lowest BCUT2D eigenvalue weighted by Gasteiger charge is -2.25. The summed E-state index contributed by atoms with van der Waals surface area (Å²) in [5, 5.41) is 3.21. The minimum absolute atomic E-state index is 0.0720. The second kappa shape index (κ2) is 4.49. The summed E-state index contributed by atoms with van der Waals surface area (Å²) in [5.74, 6) is 0. The highest BCUT2D eigenvalue weighted by atomic mass is 19.4. The lowest BCUT2D eigenvalue weighted by atomic mass is 10.3. The van der Waals surface area contributed by atoms with Gasteiger partial charge in [-0.15, -0.1) is 0 Å². The molecule has 5 heteroatoms. The summed E-state index contributed by atoms with van der Waals surface area (Å²) in [6.07, 6.45) is -1.77. The number of hydrogen-bond donors (Lipinski definition) is 1. The molecule has 2 nitrogen and oxygen atoms in total. The van der Waals surface area contributed by atoms with E-state index in [1.165, 1.54) is 11.9 Å². The fourth-order valence-electron chi connectivity index (χ4n) is 1.22. The van der Waals surface area contributed by atoms with Gasteiger partial charge in [-0.25, -0.2) is 0 Å². The first-order chi connectivity index (χ1) is 6.38. The third-order valence-corrected chi connectivity index (χ3v) is 2.46. The van der Waals surface area contributed by atoms with Crippen molar-refractivity contribution >= 4 is 0 Å². The molecule has 0 aromatic carbocycles. The molecule has 1 fully saturated rings. The number of rotatable bonds is 5. The van der Waals surface area contributed by atoms with Crippen LogP contribution in [0.25, 0.3) is 0 Å². The Bertz CT molecular complexity index is 177. The fourth-order valence-corrected chi connectivity index (χ4v) is 1.22. The van der Waals surface area contributed by atoms with Gasteiger partial charge >= 0.3 is 6.18 Å². The van der Waals surface area contributed by atoms with E-state index in [1.54, 1.807) is 6.92 Å². The Morgan fingerprint density at radius 3 is 2.43 bits per heavy atom. The first-order valence-corrected chi connectivity index (χ1v) is 4.89. The molecule has 0 saturated heterocycles. The van der Waals surface area contributed by atoms with Crippen molar-refractivity contribution in [3.05, 3.63) is 0 Å². The van der Waals surface area contributed by atoms with Gasteiger partial charge in [0, 0.05) is 18.6 Å². The number of likely N-dealkylation sites (N-methyl/N-ethyl adjacent to an activating group) is 1. The summed E-state index contributed by atoms with van der Waals surface area (Å²) in [5.41, 5.74) is 0. The second-order valence-corrected chi connectivity index (χ2v) is 4.06. The summed E-state index contributed by atoms with van der Waals surface area (Å²) in [7, 11) is 1.51. The van der Waals surface area contributed by atoms with Crippen LogP contribution in [0.4, 0.5) is 13.2 Å². The van der Waals surface area contributed by atoms with Crippen molar-refractivity contribution in [1.29, 1.82) is 0 Å². The molecule has 14 heavy (non-hydrogen) atoms.